The molecule has 0 aromatic heterocycles. The molecule has 3 rings (SSSR count). The van der Waals surface area contributed by atoms with Crippen molar-refractivity contribution in [2.75, 3.05) is 18.4 Å². The van der Waals surface area contributed by atoms with E-state index in [-0.39, 0.29) is 11.9 Å². The van der Waals surface area contributed by atoms with Crippen LogP contribution in [0, 0.1) is 5.92 Å². The highest BCUT2D eigenvalue weighted by Gasteiger charge is 2.32. The smallest absolute Gasteiger partial charge is 0.254 e. The van der Waals surface area contributed by atoms with Gasteiger partial charge in [0.1, 0.15) is 0 Å². The molecule has 2 aromatic rings. The van der Waals surface area contributed by atoms with E-state index >= 15 is 0 Å². The van der Waals surface area contributed by atoms with Crippen molar-refractivity contribution in [1.29, 1.82) is 0 Å². The second kappa shape index (κ2) is 6.84. The third kappa shape index (κ3) is 3.54. The van der Waals surface area contributed by atoms with Crippen LogP contribution in [-0.4, -0.2) is 29.9 Å². The first-order chi connectivity index (χ1) is 11.2. The molecule has 1 saturated heterocycles. The molecule has 120 valence electrons. The zero-order chi connectivity index (χ0) is 16.2. The molecular formula is C19H23N3O. The Morgan fingerprint density at radius 2 is 1.91 bits per heavy atom. The number of para-hydroxylation sites is 1. The molecule has 2 aromatic carbocycles. The summed E-state index contributed by atoms with van der Waals surface area (Å²) in [6.45, 7) is 3.50. The molecule has 0 radical (unpaired) electrons. The van der Waals surface area contributed by atoms with Crippen LogP contribution in [0.1, 0.15) is 23.7 Å². The van der Waals surface area contributed by atoms with Crippen molar-refractivity contribution in [2.45, 2.75) is 19.4 Å². The molecule has 4 nitrogen and oxygen atoms in total. The lowest BCUT2D eigenvalue weighted by atomic mass is 10.1. The fourth-order valence-corrected chi connectivity index (χ4v) is 3.18. The maximum atomic E-state index is 12.8. The average molecular weight is 309 g/mol. The number of carbonyl (C=O) groups is 1. The molecule has 0 saturated carbocycles. The van der Waals surface area contributed by atoms with Crippen LogP contribution in [0.3, 0.4) is 0 Å². The lowest BCUT2D eigenvalue weighted by molar-refractivity contribution is 0.0743. The molecule has 1 amide bonds. The first-order valence-corrected chi connectivity index (χ1v) is 8.10. The summed E-state index contributed by atoms with van der Waals surface area (Å²) < 4.78 is 0. The van der Waals surface area contributed by atoms with E-state index in [2.05, 4.69) is 12.2 Å². The molecule has 1 aliphatic rings. The fourth-order valence-electron chi connectivity index (χ4n) is 3.18. The van der Waals surface area contributed by atoms with Crippen molar-refractivity contribution in [3.8, 4) is 0 Å². The largest absolute Gasteiger partial charge is 0.356 e. The highest BCUT2D eigenvalue weighted by atomic mass is 16.2. The standard InChI is InChI=1S/C19H23N3O/c1-14-10-15(12-20)13-22(14)19(23)16-6-5-9-18(11-16)21-17-7-3-2-4-8-17/h2-9,11,14-15,21H,10,12-13,20H2,1H3. The van der Waals surface area contributed by atoms with Gasteiger partial charge in [0.25, 0.3) is 5.91 Å². The number of anilines is 2. The van der Waals surface area contributed by atoms with Crippen LogP contribution in [0.25, 0.3) is 0 Å². The molecule has 0 aliphatic carbocycles. The van der Waals surface area contributed by atoms with Crippen LogP contribution >= 0.6 is 0 Å². The topological polar surface area (TPSA) is 58.4 Å². The molecular weight excluding hydrogens is 286 g/mol. The zero-order valence-corrected chi connectivity index (χ0v) is 13.4. The Balaban J connectivity index is 1.76. The van der Waals surface area contributed by atoms with Crippen LogP contribution in [-0.2, 0) is 0 Å². The number of amides is 1. The van der Waals surface area contributed by atoms with E-state index in [1.165, 1.54) is 0 Å². The number of nitrogens with two attached hydrogens (primary N) is 1. The minimum atomic E-state index is 0.0881. The zero-order valence-electron chi connectivity index (χ0n) is 13.4. The van der Waals surface area contributed by atoms with Crippen molar-refractivity contribution in [1.82, 2.24) is 4.90 Å². The molecule has 4 heteroatoms. The van der Waals surface area contributed by atoms with Gasteiger partial charge in [0.15, 0.2) is 0 Å². The van der Waals surface area contributed by atoms with Crippen molar-refractivity contribution < 1.29 is 4.79 Å². The van der Waals surface area contributed by atoms with Crippen LogP contribution in [0.2, 0.25) is 0 Å². The van der Waals surface area contributed by atoms with Gasteiger partial charge in [-0.1, -0.05) is 24.3 Å². The van der Waals surface area contributed by atoms with Crippen LogP contribution < -0.4 is 11.1 Å². The molecule has 0 spiro atoms. The lowest BCUT2D eigenvalue weighted by Crippen LogP contribution is -2.34. The summed E-state index contributed by atoms with van der Waals surface area (Å²) in [4.78, 5) is 14.7. The third-order valence-corrected chi connectivity index (χ3v) is 4.43. The van der Waals surface area contributed by atoms with Gasteiger partial charge >= 0.3 is 0 Å². The highest BCUT2D eigenvalue weighted by molar-refractivity contribution is 5.95. The van der Waals surface area contributed by atoms with E-state index in [1.807, 2.05) is 59.5 Å². The predicted molar refractivity (Wildman–Crippen MR) is 93.8 cm³/mol. The van der Waals surface area contributed by atoms with Crippen molar-refractivity contribution in [3.63, 3.8) is 0 Å². The van der Waals surface area contributed by atoms with Gasteiger partial charge in [0, 0.05) is 29.5 Å². The molecule has 2 unspecified atom stereocenters. The number of hydrogen-bond acceptors (Lipinski definition) is 3. The Kier molecular flexibility index (Phi) is 4.63. The van der Waals surface area contributed by atoms with Gasteiger partial charge < -0.3 is 16.0 Å². The summed E-state index contributed by atoms with van der Waals surface area (Å²) in [5, 5.41) is 3.33. The summed E-state index contributed by atoms with van der Waals surface area (Å²) in [6.07, 6.45) is 0.990. The van der Waals surface area contributed by atoms with Gasteiger partial charge in [-0.2, -0.15) is 0 Å². The molecule has 1 aliphatic heterocycles. The summed E-state index contributed by atoms with van der Waals surface area (Å²) >= 11 is 0. The Morgan fingerprint density at radius 3 is 2.61 bits per heavy atom. The second-order valence-corrected chi connectivity index (χ2v) is 6.22. The Hall–Kier alpha value is -2.33. The molecule has 1 heterocycles. The monoisotopic (exact) mass is 309 g/mol. The summed E-state index contributed by atoms with van der Waals surface area (Å²) in [5.74, 6) is 0.504. The average Bonchev–Trinajstić information content (AvgIpc) is 2.96. The number of carbonyl (C=O) groups excluding carboxylic acids is 1. The molecule has 2 atom stereocenters. The Bertz CT molecular complexity index is 671. The van der Waals surface area contributed by atoms with Gasteiger partial charge in [0.05, 0.1) is 0 Å². The molecule has 3 N–H and O–H groups in total. The summed E-state index contributed by atoms with van der Waals surface area (Å²) in [7, 11) is 0. The molecule has 0 bridgehead atoms. The summed E-state index contributed by atoms with van der Waals surface area (Å²) in [5.41, 5.74) is 8.41. The molecule has 1 fully saturated rings. The van der Waals surface area contributed by atoms with E-state index in [4.69, 9.17) is 5.73 Å². The number of rotatable bonds is 4. The fraction of sp³-hybridized carbons (Fsp3) is 0.316. The SMILES string of the molecule is CC1CC(CN)CN1C(=O)c1cccc(Nc2ccccc2)c1. The van der Waals surface area contributed by atoms with Gasteiger partial charge in [-0.25, -0.2) is 0 Å². The van der Waals surface area contributed by atoms with Crippen molar-refractivity contribution in [2.24, 2.45) is 11.7 Å². The predicted octanol–water partition coefficient (Wildman–Crippen LogP) is 3.24. The number of nitrogens with zero attached hydrogens (tertiary/aromatic N) is 1. The van der Waals surface area contributed by atoms with Gasteiger partial charge in [-0.3, -0.25) is 4.79 Å². The first-order valence-electron chi connectivity index (χ1n) is 8.10. The minimum Gasteiger partial charge on any atom is -0.356 e. The highest BCUT2D eigenvalue weighted by Crippen LogP contribution is 2.25. The van der Waals surface area contributed by atoms with Crippen molar-refractivity contribution >= 4 is 17.3 Å². The van der Waals surface area contributed by atoms with Gasteiger partial charge in [-0.05, 0) is 56.1 Å². The first kappa shape index (κ1) is 15.6. The maximum Gasteiger partial charge on any atom is 0.254 e. The van der Waals surface area contributed by atoms with Gasteiger partial charge in [0.2, 0.25) is 0 Å². The second-order valence-electron chi connectivity index (χ2n) is 6.22. The Morgan fingerprint density at radius 1 is 1.17 bits per heavy atom. The summed E-state index contributed by atoms with van der Waals surface area (Å²) in [6, 6.07) is 17.9. The molecule has 23 heavy (non-hydrogen) atoms. The number of likely N-dealkylation sites (tertiary alicyclic amines) is 1. The minimum absolute atomic E-state index is 0.0881. The van der Waals surface area contributed by atoms with E-state index in [9.17, 15) is 4.79 Å². The van der Waals surface area contributed by atoms with Crippen LogP contribution in [0.5, 0.6) is 0 Å². The Labute approximate surface area is 137 Å². The van der Waals surface area contributed by atoms with Crippen LogP contribution in [0.4, 0.5) is 11.4 Å². The lowest BCUT2D eigenvalue weighted by Gasteiger charge is -2.22. The van der Waals surface area contributed by atoms with Crippen LogP contribution in [0.15, 0.2) is 54.6 Å². The third-order valence-electron chi connectivity index (χ3n) is 4.43. The number of hydrogen-bond donors (Lipinski definition) is 2. The van der Waals surface area contributed by atoms with Gasteiger partial charge in [-0.15, -0.1) is 0 Å². The van der Waals surface area contributed by atoms with E-state index < -0.39 is 0 Å². The van der Waals surface area contributed by atoms with E-state index in [0.29, 0.717) is 12.5 Å². The van der Waals surface area contributed by atoms with E-state index in [1.54, 1.807) is 0 Å². The number of nitrogens with one attached hydrogen (secondary N) is 1. The number of benzene rings is 2. The van der Waals surface area contributed by atoms with E-state index in [0.717, 1.165) is 29.9 Å². The normalized spacial score (nSPS) is 20.5. The maximum absolute atomic E-state index is 12.8. The van der Waals surface area contributed by atoms with Crippen molar-refractivity contribution in [3.05, 3.63) is 60.2 Å². The quantitative estimate of drug-likeness (QED) is 0.911.